The predicted molar refractivity (Wildman–Crippen MR) is 81.4 cm³/mol. The average Bonchev–Trinajstić information content (AvgIpc) is 2.47. The molecule has 0 spiro atoms. The van der Waals surface area contributed by atoms with Crippen LogP contribution >= 0.6 is 0 Å². The van der Waals surface area contributed by atoms with Crippen LogP contribution in [-0.2, 0) is 19.3 Å². The van der Waals surface area contributed by atoms with Crippen molar-refractivity contribution in [3.8, 4) is 6.07 Å². The standard InChI is InChI=1S/C19H19N/c1-15-5-4-6-16(11-15)12-19(14-20)10-9-17-7-2-3-8-18(17)13-19/h2-8,11H,9-10,12-13H2,1H3. The molecule has 2 aromatic carbocycles. The maximum absolute atomic E-state index is 9.75. The smallest absolute Gasteiger partial charge is 0.0696 e. The predicted octanol–water partition coefficient (Wildman–Crippen LogP) is 4.24. The fourth-order valence-electron chi connectivity index (χ4n) is 3.30. The topological polar surface area (TPSA) is 23.8 Å². The van der Waals surface area contributed by atoms with Crippen LogP contribution in [0.1, 0.15) is 28.7 Å². The van der Waals surface area contributed by atoms with Gasteiger partial charge in [0.1, 0.15) is 0 Å². The molecule has 1 aliphatic carbocycles. The van der Waals surface area contributed by atoms with E-state index in [2.05, 4.69) is 61.5 Å². The summed E-state index contributed by atoms with van der Waals surface area (Å²) in [6.07, 6.45) is 3.73. The van der Waals surface area contributed by atoms with Crippen molar-refractivity contribution in [2.75, 3.05) is 0 Å². The van der Waals surface area contributed by atoms with Crippen LogP contribution in [0.3, 0.4) is 0 Å². The Bertz CT molecular complexity index is 665. The molecule has 0 saturated heterocycles. The van der Waals surface area contributed by atoms with Crippen LogP contribution in [0.5, 0.6) is 0 Å². The first-order valence-electron chi connectivity index (χ1n) is 7.24. The van der Waals surface area contributed by atoms with Crippen LogP contribution in [0.15, 0.2) is 48.5 Å². The largest absolute Gasteiger partial charge is 0.198 e. The van der Waals surface area contributed by atoms with E-state index in [0.29, 0.717) is 0 Å². The number of aryl methyl sites for hydroxylation is 2. The number of rotatable bonds is 2. The van der Waals surface area contributed by atoms with Gasteiger partial charge in [0.05, 0.1) is 11.5 Å². The SMILES string of the molecule is Cc1cccc(CC2(C#N)CCc3ccccc3C2)c1. The van der Waals surface area contributed by atoms with Crippen molar-refractivity contribution in [2.24, 2.45) is 5.41 Å². The van der Waals surface area contributed by atoms with Crippen LogP contribution in [-0.4, -0.2) is 0 Å². The zero-order chi connectivity index (χ0) is 14.0. The van der Waals surface area contributed by atoms with Gasteiger partial charge in [-0.3, -0.25) is 0 Å². The first-order valence-corrected chi connectivity index (χ1v) is 7.24. The average molecular weight is 261 g/mol. The Balaban J connectivity index is 1.89. The lowest BCUT2D eigenvalue weighted by atomic mass is 9.69. The lowest BCUT2D eigenvalue weighted by Crippen LogP contribution is -2.29. The highest BCUT2D eigenvalue weighted by Crippen LogP contribution is 2.37. The number of hydrogen-bond acceptors (Lipinski definition) is 1. The van der Waals surface area contributed by atoms with Gasteiger partial charge in [0.2, 0.25) is 0 Å². The van der Waals surface area contributed by atoms with Crippen LogP contribution in [0.25, 0.3) is 0 Å². The summed E-state index contributed by atoms with van der Waals surface area (Å²) in [6, 6.07) is 19.7. The third-order valence-corrected chi connectivity index (χ3v) is 4.38. The summed E-state index contributed by atoms with van der Waals surface area (Å²) < 4.78 is 0. The Morgan fingerprint density at radius 2 is 1.90 bits per heavy atom. The third-order valence-electron chi connectivity index (χ3n) is 4.38. The number of fused-ring (bicyclic) bond motifs is 1. The second kappa shape index (κ2) is 5.13. The Morgan fingerprint density at radius 1 is 1.10 bits per heavy atom. The maximum atomic E-state index is 9.75. The quantitative estimate of drug-likeness (QED) is 0.793. The summed E-state index contributed by atoms with van der Waals surface area (Å²) in [7, 11) is 0. The number of nitriles is 1. The Hall–Kier alpha value is -2.07. The van der Waals surface area contributed by atoms with E-state index in [1.165, 1.54) is 22.3 Å². The van der Waals surface area contributed by atoms with E-state index in [9.17, 15) is 5.26 Å². The molecular weight excluding hydrogens is 242 g/mol. The molecule has 0 N–H and O–H groups in total. The fraction of sp³-hybridized carbons (Fsp3) is 0.316. The van der Waals surface area contributed by atoms with Crippen molar-refractivity contribution in [2.45, 2.75) is 32.6 Å². The molecule has 0 fully saturated rings. The summed E-state index contributed by atoms with van der Waals surface area (Å²) in [4.78, 5) is 0. The highest BCUT2D eigenvalue weighted by molar-refractivity contribution is 5.34. The fourth-order valence-corrected chi connectivity index (χ4v) is 3.30. The molecule has 0 amide bonds. The summed E-state index contributed by atoms with van der Waals surface area (Å²) >= 11 is 0. The monoisotopic (exact) mass is 261 g/mol. The molecule has 2 aromatic rings. The van der Waals surface area contributed by atoms with E-state index >= 15 is 0 Å². The second-order valence-corrected chi connectivity index (χ2v) is 6.00. The minimum atomic E-state index is -0.234. The Morgan fingerprint density at radius 3 is 2.65 bits per heavy atom. The van der Waals surface area contributed by atoms with Gasteiger partial charge in [0.25, 0.3) is 0 Å². The molecule has 1 heteroatoms. The molecule has 1 aliphatic rings. The molecule has 0 radical (unpaired) electrons. The van der Waals surface area contributed by atoms with Crippen LogP contribution in [0.4, 0.5) is 0 Å². The van der Waals surface area contributed by atoms with Crippen LogP contribution in [0.2, 0.25) is 0 Å². The minimum Gasteiger partial charge on any atom is -0.198 e. The van der Waals surface area contributed by atoms with Gasteiger partial charge in [-0.25, -0.2) is 0 Å². The third kappa shape index (κ3) is 2.47. The van der Waals surface area contributed by atoms with E-state index in [-0.39, 0.29) is 5.41 Å². The van der Waals surface area contributed by atoms with Gasteiger partial charge in [-0.05, 0) is 49.3 Å². The molecule has 1 nitrogen and oxygen atoms in total. The van der Waals surface area contributed by atoms with Crippen LogP contribution < -0.4 is 0 Å². The molecule has 0 aliphatic heterocycles. The summed E-state index contributed by atoms with van der Waals surface area (Å²) in [5, 5.41) is 9.75. The molecule has 0 saturated carbocycles. The van der Waals surface area contributed by atoms with Crippen molar-refractivity contribution in [3.05, 3.63) is 70.8 Å². The van der Waals surface area contributed by atoms with Gasteiger partial charge in [-0.2, -0.15) is 5.26 Å². The van der Waals surface area contributed by atoms with Gasteiger partial charge in [-0.1, -0.05) is 54.1 Å². The maximum Gasteiger partial charge on any atom is 0.0696 e. The zero-order valence-corrected chi connectivity index (χ0v) is 11.9. The summed E-state index contributed by atoms with van der Waals surface area (Å²) in [5.41, 5.74) is 5.09. The Kier molecular flexibility index (Phi) is 3.32. The first-order chi connectivity index (χ1) is 9.71. The van der Waals surface area contributed by atoms with E-state index in [1.807, 2.05) is 0 Å². The van der Waals surface area contributed by atoms with Gasteiger partial charge in [0, 0.05) is 0 Å². The number of benzene rings is 2. The van der Waals surface area contributed by atoms with E-state index in [4.69, 9.17) is 0 Å². The van der Waals surface area contributed by atoms with Gasteiger partial charge in [0.15, 0.2) is 0 Å². The van der Waals surface area contributed by atoms with Crippen LogP contribution in [0, 0.1) is 23.7 Å². The summed E-state index contributed by atoms with van der Waals surface area (Å²) in [6.45, 7) is 2.11. The molecular formula is C19H19N. The molecule has 20 heavy (non-hydrogen) atoms. The first kappa shape index (κ1) is 12.9. The highest BCUT2D eigenvalue weighted by Gasteiger charge is 2.34. The Labute approximate surface area is 120 Å². The van der Waals surface area contributed by atoms with E-state index in [0.717, 1.165) is 25.7 Å². The van der Waals surface area contributed by atoms with Crippen molar-refractivity contribution >= 4 is 0 Å². The highest BCUT2D eigenvalue weighted by atomic mass is 14.4. The zero-order valence-electron chi connectivity index (χ0n) is 11.9. The molecule has 3 rings (SSSR count). The molecule has 0 aromatic heterocycles. The molecule has 0 bridgehead atoms. The van der Waals surface area contributed by atoms with Crippen molar-refractivity contribution in [1.29, 1.82) is 5.26 Å². The van der Waals surface area contributed by atoms with Gasteiger partial charge >= 0.3 is 0 Å². The minimum absolute atomic E-state index is 0.234. The van der Waals surface area contributed by atoms with Gasteiger partial charge < -0.3 is 0 Å². The number of hydrogen-bond donors (Lipinski definition) is 0. The normalized spacial score (nSPS) is 21.0. The van der Waals surface area contributed by atoms with E-state index in [1.54, 1.807) is 0 Å². The lowest BCUT2D eigenvalue weighted by molar-refractivity contribution is 0.339. The van der Waals surface area contributed by atoms with Crippen molar-refractivity contribution < 1.29 is 0 Å². The molecule has 100 valence electrons. The summed E-state index contributed by atoms with van der Waals surface area (Å²) in [5.74, 6) is 0. The second-order valence-electron chi connectivity index (χ2n) is 6.00. The number of nitrogens with zero attached hydrogens (tertiary/aromatic N) is 1. The molecule has 0 heterocycles. The van der Waals surface area contributed by atoms with E-state index < -0.39 is 0 Å². The molecule has 1 unspecified atom stereocenters. The van der Waals surface area contributed by atoms with Crippen molar-refractivity contribution in [3.63, 3.8) is 0 Å². The van der Waals surface area contributed by atoms with Crippen molar-refractivity contribution in [1.82, 2.24) is 0 Å². The molecule has 1 atom stereocenters. The lowest BCUT2D eigenvalue weighted by Gasteiger charge is -2.32. The van der Waals surface area contributed by atoms with Gasteiger partial charge in [-0.15, -0.1) is 0 Å².